The van der Waals surface area contributed by atoms with E-state index in [0.29, 0.717) is 0 Å². The molecule has 0 radical (unpaired) electrons. The first-order valence-electron chi connectivity index (χ1n) is 5.36. The molecule has 0 aliphatic carbocycles. The minimum atomic E-state index is 1.16. The SMILES string of the molecule is CCC.CCc1ccccc1CC. The molecule has 0 heteroatoms. The van der Waals surface area contributed by atoms with Crippen molar-refractivity contribution in [1.82, 2.24) is 0 Å². The molecule has 0 atom stereocenters. The molecule has 1 rings (SSSR count). The number of hydrogen-bond acceptors (Lipinski definition) is 0. The topological polar surface area (TPSA) is 0 Å². The Hall–Kier alpha value is -0.780. The highest BCUT2D eigenvalue weighted by Crippen LogP contribution is 2.08. The van der Waals surface area contributed by atoms with Crippen molar-refractivity contribution < 1.29 is 0 Å². The summed E-state index contributed by atoms with van der Waals surface area (Å²) in [6.07, 6.45) is 3.56. The van der Waals surface area contributed by atoms with Crippen LogP contribution in [0.4, 0.5) is 0 Å². The van der Waals surface area contributed by atoms with Gasteiger partial charge in [-0.05, 0) is 24.0 Å². The molecule has 0 N–H and O–H groups in total. The van der Waals surface area contributed by atoms with Crippen molar-refractivity contribution in [3.05, 3.63) is 35.4 Å². The van der Waals surface area contributed by atoms with Crippen molar-refractivity contribution in [1.29, 1.82) is 0 Å². The summed E-state index contributed by atoms with van der Waals surface area (Å²) in [4.78, 5) is 0. The van der Waals surface area contributed by atoms with Crippen LogP contribution in [0.3, 0.4) is 0 Å². The first-order valence-corrected chi connectivity index (χ1v) is 5.36. The molecule has 13 heavy (non-hydrogen) atoms. The van der Waals surface area contributed by atoms with Crippen molar-refractivity contribution in [2.75, 3.05) is 0 Å². The molecule has 0 nitrogen and oxygen atoms in total. The molecule has 1 aromatic rings. The highest BCUT2D eigenvalue weighted by molar-refractivity contribution is 5.26. The highest BCUT2D eigenvalue weighted by atomic mass is 14.0. The average Bonchev–Trinajstić information content (AvgIpc) is 2.19. The lowest BCUT2D eigenvalue weighted by molar-refractivity contribution is 1.04. The van der Waals surface area contributed by atoms with E-state index in [1.807, 2.05) is 0 Å². The van der Waals surface area contributed by atoms with Crippen LogP contribution in [0.1, 0.15) is 45.2 Å². The van der Waals surface area contributed by atoms with Crippen LogP contribution in [0, 0.1) is 0 Å². The number of rotatable bonds is 2. The quantitative estimate of drug-likeness (QED) is 0.636. The molecule has 0 bridgehead atoms. The molecule has 0 saturated heterocycles. The van der Waals surface area contributed by atoms with Crippen molar-refractivity contribution in [3.8, 4) is 0 Å². The molecule has 0 amide bonds. The maximum atomic E-state index is 2.21. The molecule has 0 aliphatic heterocycles. The summed E-state index contributed by atoms with van der Waals surface area (Å²) in [5.74, 6) is 0. The third-order valence-electron chi connectivity index (χ3n) is 1.88. The third-order valence-corrected chi connectivity index (χ3v) is 1.88. The van der Waals surface area contributed by atoms with Gasteiger partial charge in [0.2, 0.25) is 0 Å². The van der Waals surface area contributed by atoms with Crippen LogP contribution in [0.2, 0.25) is 0 Å². The Balaban J connectivity index is 0.000000424. The summed E-state index contributed by atoms with van der Waals surface area (Å²) in [7, 11) is 0. The van der Waals surface area contributed by atoms with Crippen LogP contribution in [0.15, 0.2) is 24.3 Å². The molecule has 74 valence electrons. The molecular weight excluding hydrogens is 156 g/mol. The summed E-state index contributed by atoms with van der Waals surface area (Å²) in [6.45, 7) is 8.66. The van der Waals surface area contributed by atoms with Crippen LogP contribution < -0.4 is 0 Å². The van der Waals surface area contributed by atoms with E-state index >= 15 is 0 Å². The zero-order valence-corrected chi connectivity index (χ0v) is 9.43. The molecule has 0 spiro atoms. The normalized spacial score (nSPS) is 8.92. The smallest absolute Gasteiger partial charge is 0.0305 e. The van der Waals surface area contributed by atoms with Gasteiger partial charge >= 0.3 is 0 Å². The van der Waals surface area contributed by atoms with E-state index in [9.17, 15) is 0 Å². The second-order valence-electron chi connectivity index (χ2n) is 3.18. The minimum Gasteiger partial charge on any atom is -0.0656 e. The van der Waals surface area contributed by atoms with Gasteiger partial charge in [-0.15, -0.1) is 0 Å². The molecule has 1 aromatic carbocycles. The van der Waals surface area contributed by atoms with Gasteiger partial charge in [0.05, 0.1) is 0 Å². The van der Waals surface area contributed by atoms with Gasteiger partial charge in [-0.1, -0.05) is 58.4 Å². The molecule has 0 saturated carbocycles. The largest absolute Gasteiger partial charge is 0.0656 e. The van der Waals surface area contributed by atoms with Crippen LogP contribution in [0.5, 0.6) is 0 Å². The van der Waals surface area contributed by atoms with Gasteiger partial charge in [-0.2, -0.15) is 0 Å². The van der Waals surface area contributed by atoms with E-state index in [-0.39, 0.29) is 0 Å². The van der Waals surface area contributed by atoms with Gasteiger partial charge in [-0.25, -0.2) is 0 Å². The summed E-state index contributed by atoms with van der Waals surface area (Å²) in [5, 5.41) is 0. The van der Waals surface area contributed by atoms with Crippen LogP contribution >= 0.6 is 0 Å². The van der Waals surface area contributed by atoms with Crippen molar-refractivity contribution in [2.45, 2.75) is 47.0 Å². The monoisotopic (exact) mass is 178 g/mol. The summed E-state index contributed by atoms with van der Waals surface area (Å²) in [5.41, 5.74) is 2.98. The summed E-state index contributed by atoms with van der Waals surface area (Å²) in [6, 6.07) is 8.63. The summed E-state index contributed by atoms with van der Waals surface area (Å²) >= 11 is 0. The Morgan fingerprint density at radius 1 is 0.769 bits per heavy atom. The van der Waals surface area contributed by atoms with E-state index in [1.165, 1.54) is 17.5 Å². The van der Waals surface area contributed by atoms with Gasteiger partial charge in [-0.3, -0.25) is 0 Å². The van der Waals surface area contributed by atoms with Crippen LogP contribution in [-0.4, -0.2) is 0 Å². The fraction of sp³-hybridized carbons (Fsp3) is 0.538. The van der Waals surface area contributed by atoms with E-state index in [1.54, 1.807) is 0 Å². The lowest BCUT2D eigenvalue weighted by Crippen LogP contribution is -1.88. The molecule has 0 aromatic heterocycles. The number of hydrogen-bond donors (Lipinski definition) is 0. The number of benzene rings is 1. The lowest BCUT2D eigenvalue weighted by atomic mass is 10.0. The molecule has 0 heterocycles. The van der Waals surface area contributed by atoms with E-state index in [4.69, 9.17) is 0 Å². The van der Waals surface area contributed by atoms with E-state index in [0.717, 1.165) is 12.8 Å². The second-order valence-corrected chi connectivity index (χ2v) is 3.18. The highest BCUT2D eigenvalue weighted by Gasteiger charge is 1.93. The van der Waals surface area contributed by atoms with Gasteiger partial charge in [0.25, 0.3) is 0 Å². The maximum Gasteiger partial charge on any atom is -0.0305 e. The molecular formula is C13H22. The maximum absolute atomic E-state index is 2.21. The van der Waals surface area contributed by atoms with Gasteiger partial charge in [0.15, 0.2) is 0 Å². The molecule has 0 unspecified atom stereocenters. The van der Waals surface area contributed by atoms with E-state index in [2.05, 4.69) is 52.0 Å². The van der Waals surface area contributed by atoms with Crippen molar-refractivity contribution in [2.24, 2.45) is 0 Å². The zero-order chi connectivity index (χ0) is 10.1. The van der Waals surface area contributed by atoms with Crippen molar-refractivity contribution >= 4 is 0 Å². The van der Waals surface area contributed by atoms with Crippen molar-refractivity contribution in [3.63, 3.8) is 0 Å². The Morgan fingerprint density at radius 3 is 1.31 bits per heavy atom. The van der Waals surface area contributed by atoms with Crippen LogP contribution in [0.25, 0.3) is 0 Å². The predicted octanol–water partition coefficient (Wildman–Crippen LogP) is 4.23. The Kier molecular flexibility index (Phi) is 7.38. The fourth-order valence-corrected chi connectivity index (χ4v) is 1.25. The minimum absolute atomic E-state index is 1.16. The fourth-order valence-electron chi connectivity index (χ4n) is 1.25. The predicted molar refractivity (Wildman–Crippen MR) is 61.2 cm³/mol. The van der Waals surface area contributed by atoms with Gasteiger partial charge < -0.3 is 0 Å². The Morgan fingerprint density at radius 2 is 1.08 bits per heavy atom. The Bertz CT molecular complexity index is 190. The molecule has 0 fully saturated rings. The third kappa shape index (κ3) is 4.72. The number of aryl methyl sites for hydroxylation is 2. The first-order chi connectivity index (χ1) is 6.29. The zero-order valence-electron chi connectivity index (χ0n) is 9.43. The Labute approximate surface area is 83.0 Å². The van der Waals surface area contributed by atoms with Gasteiger partial charge in [0, 0.05) is 0 Å². The standard InChI is InChI=1S/C10H14.C3H8/c1-3-9-7-5-6-8-10(9)4-2;1-3-2/h5-8H,3-4H2,1-2H3;3H2,1-2H3. The summed E-state index contributed by atoms with van der Waals surface area (Å²) < 4.78 is 0. The van der Waals surface area contributed by atoms with Gasteiger partial charge in [0.1, 0.15) is 0 Å². The van der Waals surface area contributed by atoms with Crippen LogP contribution in [-0.2, 0) is 12.8 Å². The average molecular weight is 178 g/mol. The van der Waals surface area contributed by atoms with E-state index < -0.39 is 0 Å². The molecule has 0 aliphatic rings. The first kappa shape index (κ1) is 12.2. The lowest BCUT2D eigenvalue weighted by Gasteiger charge is -2.02. The second kappa shape index (κ2) is 7.85.